The van der Waals surface area contributed by atoms with Gasteiger partial charge in [0.25, 0.3) is 0 Å². The number of hydrogen-bond acceptors (Lipinski definition) is 6. The van der Waals surface area contributed by atoms with Crippen molar-refractivity contribution in [3.8, 4) is 0 Å². The molecule has 1 saturated heterocycles. The first-order valence-electron chi connectivity index (χ1n) is 11.0. The Morgan fingerprint density at radius 1 is 0.939 bits per heavy atom. The molecule has 2 aliphatic rings. The van der Waals surface area contributed by atoms with E-state index in [2.05, 4.69) is 50.8 Å². The van der Waals surface area contributed by atoms with Crippen LogP contribution in [0.1, 0.15) is 16.7 Å². The number of ether oxygens (including phenoxy) is 1. The highest BCUT2D eigenvalue weighted by molar-refractivity contribution is 7.80. The molecule has 33 heavy (non-hydrogen) atoms. The molecule has 0 amide bonds. The third-order valence-corrected chi connectivity index (χ3v) is 6.29. The van der Waals surface area contributed by atoms with Gasteiger partial charge in [-0.2, -0.15) is 9.97 Å². The van der Waals surface area contributed by atoms with Crippen molar-refractivity contribution >= 4 is 46.5 Å². The van der Waals surface area contributed by atoms with E-state index in [9.17, 15) is 0 Å². The second-order valence-corrected chi connectivity index (χ2v) is 8.91. The van der Waals surface area contributed by atoms with Gasteiger partial charge in [0.05, 0.1) is 13.2 Å². The summed E-state index contributed by atoms with van der Waals surface area (Å²) in [6, 6.07) is 18.2. The van der Waals surface area contributed by atoms with Crippen molar-refractivity contribution < 1.29 is 4.74 Å². The van der Waals surface area contributed by atoms with Crippen LogP contribution < -0.4 is 20.4 Å². The molecule has 5 rings (SSSR count). The van der Waals surface area contributed by atoms with Gasteiger partial charge in [-0.05, 0) is 41.0 Å². The van der Waals surface area contributed by atoms with Gasteiger partial charge in [-0.25, -0.2) is 0 Å². The maximum Gasteiger partial charge on any atom is 0.232 e. The number of hydrogen-bond donors (Lipinski definition) is 2. The van der Waals surface area contributed by atoms with Crippen molar-refractivity contribution in [2.45, 2.75) is 19.6 Å². The van der Waals surface area contributed by atoms with E-state index >= 15 is 0 Å². The summed E-state index contributed by atoms with van der Waals surface area (Å²) < 4.78 is 5.52. The molecule has 0 bridgehead atoms. The van der Waals surface area contributed by atoms with E-state index in [0.29, 0.717) is 35.8 Å². The molecule has 3 aromatic rings. The molecule has 0 saturated carbocycles. The van der Waals surface area contributed by atoms with Gasteiger partial charge in [-0.1, -0.05) is 48.0 Å². The van der Waals surface area contributed by atoms with Crippen LogP contribution in [-0.2, 0) is 24.4 Å². The SMILES string of the molecule is S=C(NCc1ccc(Cl)cc1)Nc1nc(N2CCOCC2)cc(N2Cc3ccccc3C2)n1. The zero-order chi connectivity index (χ0) is 22.6. The molecule has 0 spiro atoms. The number of halogens is 1. The fraction of sp³-hybridized carbons (Fsp3) is 0.292. The van der Waals surface area contributed by atoms with Crippen molar-refractivity contribution in [3.05, 3.63) is 76.3 Å². The minimum atomic E-state index is 0.472. The van der Waals surface area contributed by atoms with E-state index in [1.54, 1.807) is 0 Å². The van der Waals surface area contributed by atoms with Gasteiger partial charge >= 0.3 is 0 Å². The van der Waals surface area contributed by atoms with Crippen LogP contribution in [0.2, 0.25) is 5.02 Å². The van der Waals surface area contributed by atoms with E-state index in [1.165, 1.54) is 11.1 Å². The lowest BCUT2D eigenvalue weighted by Crippen LogP contribution is -2.37. The van der Waals surface area contributed by atoms with Crippen molar-refractivity contribution in [1.29, 1.82) is 0 Å². The topological polar surface area (TPSA) is 65.6 Å². The average molecular weight is 481 g/mol. The van der Waals surface area contributed by atoms with Gasteiger partial charge < -0.3 is 25.2 Å². The summed E-state index contributed by atoms with van der Waals surface area (Å²) in [7, 11) is 0. The van der Waals surface area contributed by atoms with E-state index in [4.69, 9.17) is 38.5 Å². The number of fused-ring (bicyclic) bond motifs is 1. The number of anilines is 3. The van der Waals surface area contributed by atoms with Crippen molar-refractivity contribution in [3.63, 3.8) is 0 Å². The van der Waals surface area contributed by atoms with Crippen LogP contribution in [0.3, 0.4) is 0 Å². The lowest BCUT2D eigenvalue weighted by molar-refractivity contribution is 0.122. The minimum Gasteiger partial charge on any atom is -0.378 e. The summed E-state index contributed by atoms with van der Waals surface area (Å²) in [5.41, 5.74) is 3.75. The fourth-order valence-electron chi connectivity index (χ4n) is 4.02. The number of rotatable bonds is 5. The molecule has 0 radical (unpaired) electrons. The summed E-state index contributed by atoms with van der Waals surface area (Å²) in [6.07, 6.45) is 0. The first-order chi connectivity index (χ1) is 16.1. The van der Waals surface area contributed by atoms with E-state index < -0.39 is 0 Å². The number of morpholine rings is 1. The molecule has 0 unspecified atom stereocenters. The molecular formula is C24H25ClN6OS. The number of benzene rings is 2. The highest BCUT2D eigenvalue weighted by Crippen LogP contribution is 2.30. The lowest BCUT2D eigenvalue weighted by atomic mass is 10.1. The Labute approximate surface area is 203 Å². The summed E-state index contributed by atoms with van der Waals surface area (Å²) in [5, 5.41) is 7.58. The summed E-state index contributed by atoms with van der Waals surface area (Å²) in [6.45, 7) is 5.23. The largest absolute Gasteiger partial charge is 0.378 e. The minimum absolute atomic E-state index is 0.472. The second kappa shape index (κ2) is 9.91. The van der Waals surface area contributed by atoms with Gasteiger partial charge in [-0.15, -0.1) is 0 Å². The molecule has 7 nitrogen and oxygen atoms in total. The summed E-state index contributed by atoms with van der Waals surface area (Å²) in [5.74, 6) is 2.24. The normalized spacial score (nSPS) is 15.3. The molecule has 2 N–H and O–H groups in total. The second-order valence-electron chi connectivity index (χ2n) is 8.07. The maximum atomic E-state index is 5.97. The van der Waals surface area contributed by atoms with Gasteiger partial charge in [0.2, 0.25) is 5.95 Å². The zero-order valence-electron chi connectivity index (χ0n) is 18.1. The van der Waals surface area contributed by atoms with Crippen molar-refractivity contribution in [2.75, 3.05) is 41.4 Å². The summed E-state index contributed by atoms with van der Waals surface area (Å²) >= 11 is 11.5. The van der Waals surface area contributed by atoms with E-state index in [0.717, 1.165) is 43.4 Å². The van der Waals surface area contributed by atoms with Crippen LogP contribution in [0.4, 0.5) is 17.6 Å². The van der Waals surface area contributed by atoms with E-state index in [1.807, 2.05) is 24.3 Å². The fourth-order valence-corrected chi connectivity index (χ4v) is 4.31. The number of nitrogens with zero attached hydrogens (tertiary/aromatic N) is 4. The number of aromatic nitrogens is 2. The van der Waals surface area contributed by atoms with Crippen LogP contribution >= 0.6 is 23.8 Å². The third-order valence-electron chi connectivity index (χ3n) is 5.79. The molecule has 3 heterocycles. The Morgan fingerprint density at radius 3 is 2.24 bits per heavy atom. The predicted octanol–water partition coefficient (Wildman–Crippen LogP) is 3.97. The maximum absolute atomic E-state index is 5.97. The highest BCUT2D eigenvalue weighted by atomic mass is 35.5. The molecule has 170 valence electrons. The Morgan fingerprint density at radius 2 is 1.58 bits per heavy atom. The first kappa shape index (κ1) is 21.9. The average Bonchev–Trinajstić information content (AvgIpc) is 3.29. The monoisotopic (exact) mass is 480 g/mol. The van der Waals surface area contributed by atoms with Crippen molar-refractivity contribution in [1.82, 2.24) is 15.3 Å². The molecule has 1 aromatic heterocycles. The molecule has 9 heteroatoms. The first-order valence-corrected chi connectivity index (χ1v) is 11.8. The molecule has 0 aliphatic carbocycles. The highest BCUT2D eigenvalue weighted by Gasteiger charge is 2.23. The predicted molar refractivity (Wildman–Crippen MR) is 136 cm³/mol. The lowest BCUT2D eigenvalue weighted by Gasteiger charge is -2.29. The molecule has 0 atom stereocenters. The van der Waals surface area contributed by atoms with Gasteiger partial charge in [0, 0.05) is 43.8 Å². The van der Waals surface area contributed by atoms with Crippen LogP contribution in [0.15, 0.2) is 54.6 Å². The van der Waals surface area contributed by atoms with Gasteiger partial charge in [0.15, 0.2) is 5.11 Å². The Kier molecular flexibility index (Phi) is 6.57. The summed E-state index contributed by atoms with van der Waals surface area (Å²) in [4.78, 5) is 14.1. The molecule has 2 aromatic carbocycles. The standard InChI is InChI=1S/C24H25ClN6OS/c25-20-7-5-17(6-8-20)14-26-24(33)29-23-27-21(30-9-11-32-12-10-30)13-22(28-23)31-15-18-3-1-2-4-19(18)16-31/h1-8,13H,9-12,14-16H2,(H2,26,27,28,29,33). The number of thiocarbonyl (C=S) groups is 1. The third kappa shape index (κ3) is 5.35. The van der Waals surface area contributed by atoms with Crippen molar-refractivity contribution in [2.24, 2.45) is 0 Å². The zero-order valence-corrected chi connectivity index (χ0v) is 19.7. The Hall–Kier alpha value is -2.94. The van der Waals surface area contributed by atoms with Crippen LogP contribution in [0, 0.1) is 0 Å². The molecule has 2 aliphatic heterocycles. The number of nitrogens with one attached hydrogen (secondary N) is 2. The van der Waals surface area contributed by atoms with Gasteiger partial charge in [-0.3, -0.25) is 0 Å². The molecular weight excluding hydrogens is 456 g/mol. The smallest absolute Gasteiger partial charge is 0.232 e. The Bertz CT molecular complexity index is 1110. The van der Waals surface area contributed by atoms with Crippen LogP contribution in [0.25, 0.3) is 0 Å². The molecule has 1 fully saturated rings. The van der Waals surface area contributed by atoms with Gasteiger partial charge in [0.1, 0.15) is 11.6 Å². The Balaban J connectivity index is 1.33. The van der Waals surface area contributed by atoms with E-state index in [-0.39, 0.29) is 0 Å². The van der Waals surface area contributed by atoms with Crippen LogP contribution in [-0.4, -0.2) is 41.4 Å². The van der Waals surface area contributed by atoms with Crippen LogP contribution in [0.5, 0.6) is 0 Å². The quantitative estimate of drug-likeness (QED) is 0.532.